The number of rotatable bonds is 7. The molecule has 0 saturated carbocycles. The number of amides is 2. The second-order valence-electron chi connectivity index (χ2n) is 7.04. The predicted octanol–water partition coefficient (Wildman–Crippen LogP) is 3.53. The van der Waals surface area contributed by atoms with Crippen molar-refractivity contribution in [2.24, 2.45) is 0 Å². The van der Waals surface area contributed by atoms with Crippen LogP contribution in [0.25, 0.3) is 0 Å². The van der Waals surface area contributed by atoms with E-state index in [1.165, 1.54) is 5.56 Å². The van der Waals surface area contributed by atoms with Crippen molar-refractivity contribution >= 4 is 11.8 Å². The molecule has 2 rings (SSSR count). The molecule has 144 valence electrons. The summed E-state index contributed by atoms with van der Waals surface area (Å²) in [7, 11) is 0. The van der Waals surface area contributed by atoms with E-state index in [0.717, 1.165) is 11.1 Å². The molecule has 0 aliphatic heterocycles. The highest BCUT2D eigenvalue weighted by molar-refractivity contribution is 6.35. The van der Waals surface area contributed by atoms with Gasteiger partial charge in [0.05, 0.1) is 6.10 Å². The number of hydrogen-bond acceptors (Lipinski definition) is 3. The Kier molecular flexibility index (Phi) is 7.41. The van der Waals surface area contributed by atoms with Crippen LogP contribution in [0.3, 0.4) is 0 Å². The van der Waals surface area contributed by atoms with Gasteiger partial charge in [-0.25, -0.2) is 0 Å². The highest BCUT2D eigenvalue weighted by atomic mass is 16.5. The molecule has 27 heavy (non-hydrogen) atoms. The Morgan fingerprint density at radius 3 is 2.04 bits per heavy atom. The number of carbonyl (C=O) groups is 2. The van der Waals surface area contributed by atoms with E-state index in [1.54, 1.807) is 0 Å². The molecule has 5 heteroatoms. The Hall–Kier alpha value is -2.82. The first-order valence-electron chi connectivity index (χ1n) is 9.26. The average molecular weight is 368 g/mol. The molecule has 2 aromatic carbocycles. The Morgan fingerprint density at radius 1 is 0.852 bits per heavy atom. The first-order chi connectivity index (χ1) is 12.9. The Balaban J connectivity index is 1.85. The molecule has 0 atom stereocenters. The van der Waals surface area contributed by atoms with Crippen molar-refractivity contribution in [2.75, 3.05) is 0 Å². The maximum absolute atomic E-state index is 12.1. The van der Waals surface area contributed by atoms with Crippen LogP contribution in [0.2, 0.25) is 0 Å². The lowest BCUT2D eigenvalue weighted by molar-refractivity contribution is -0.139. The van der Waals surface area contributed by atoms with Gasteiger partial charge in [-0.1, -0.05) is 56.3 Å². The van der Waals surface area contributed by atoms with Crippen LogP contribution in [-0.4, -0.2) is 17.9 Å². The van der Waals surface area contributed by atoms with E-state index < -0.39 is 11.8 Å². The third-order valence-electron chi connectivity index (χ3n) is 4.08. The number of hydrogen-bond donors (Lipinski definition) is 2. The predicted molar refractivity (Wildman–Crippen MR) is 106 cm³/mol. The molecule has 0 aliphatic rings. The SMILES string of the molecule is CC(C)Oc1ccccc1CNC(=O)C(=O)NCc1ccc(C(C)C)cc1. The minimum atomic E-state index is -0.659. The highest BCUT2D eigenvalue weighted by Crippen LogP contribution is 2.19. The lowest BCUT2D eigenvalue weighted by Crippen LogP contribution is -2.39. The highest BCUT2D eigenvalue weighted by Gasteiger charge is 2.14. The number of ether oxygens (including phenoxy) is 1. The van der Waals surface area contributed by atoms with Gasteiger partial charge in [0.15, 0.2) is 0 Å². The van der Waals surface area contributed by atoms with Crippen LogP contribution in [0.15, 0.2) is 48.5 Å². The summed E-state index contributed by atoms with van der Waals surface area (Å²) in [6.45, 7) is 8.69. The van der Waals surface area contributed by atoms with Crippen molar-refractivity contribution in [1.82, 2.24) is 10.6 Å². The van der Waals surface area contributed by atoms with E-state index in [-0.39, 0.29) is 12.6 Å². The van der Waals surface area contributed by atoms with Gasteiger partial charge in [0.1, 0.15) is 5.75 Å². The fourth-order valence-corrected chi connectivity index (χ4v) is 2.56. The molecule has 5 nitrogen and oxygen atoms in total. The number of nitrogens with one attached hydrogen (secondary N) is 2. The van der Waals surface area contributed by atoms with Crippen LogP contribution in [0, 0.1) is 0 Å². The topological polar surface area (TPSA) is 67.4 Å². The van der Waals surface area contributed by atoms with E-state index in [2.05, 4.69) is 24.5 Å². The molecule has 2 aromatic rings. The zero-order valence-corrected chi connectivity index (χ0v) is 16.4. The van der Waals surface area contributed by atoms with Crippen LogP contribution in [0.5, 0.6) is 5.75 Å². The summed E-state index contributed by atoms with van der Waals surface area (Å²) in [5, 5.41) is 5.29. The molecular weight excluding hydrogens is 340 g/mol. The van der Waals surface area contributed by atoms with Crippen LogP contribution >= 0.6 is 0 Å². The van der Waals surface area contributed by atoms with Gasteiger partial charge < -0.3 is 15.4 Å². The summed E-state index contributed by atoms with van der Waals surface area (Å²) in [5.41, 5.74) is 3.03. The quantitative estimate of drug-likeness (QED) is 0.735. The minimum Gasteiger partial charge on any atom is -0.491 e. The zero-order valence-electron chi connectivity index (χ0n) is 16.4. The summed E-state index contributed by atoms with van der Waals surface area (Å²) in [6, 6.07) is 15.5. The summed E-state index contributed by atoms with van der Waals surface area (Å²) in [5.74, 6) is -0.140. The van der Waals surface area contributed by atoms with Crippen molar-refractivity contribution in [2.45, 2.75) is 52.8 Å². The van der Waals surface area contributed by atoms with Crippen molar-refractivity contribution < 1.29 is 14.3 Å². The van der Waals surface area contributed by atoms with Gasteiger partial charge in [-0.3, -0.25) is 9.59 Å². The van der Waals surface area contributed by atoms with Crippen LogP contribution in [0.4, 0.5) is 0 Å². The second-order valence-corrected chi connectivity index (χ2v) is 7.04. The Labute approximate surface area is 161 Å². The third kappa shape index (κ3) is 6.44. The molecule has 2 N–H and O–H groups in total. The average Bonchev–Trinajstić information content (AvgIpc) is 2.65. The fourth-order valence-electron chi connectivity index (χ4n) is 2.56. The van der Waals surface area contributed by atoms with Gasteiger partial charge in [0.2, 0.25) is 0 Å². The van der Waals surface area contributed by atoms with Crippen LogP contribution in [0.1, 0.15) is 50.3 Å². The summed E-state index contributed by atoms with van der Waals surface area (Å²) in [4.78, 5) is 24.1. The lowest BCUT2D eigenvalue weighted by atomic mass is 10.0. The second kappa shape index (κ2) is 9.76. The lowest BCUT2D eigenvalue weighted by Gasteiger charge is -2.14. The monoisotopic (exact) mass is 368 g/mol. The molecule has 0 bridgehead atoms. The number of benzene rings is 2. The van der Waals surface area contributed by atoms with Gasteiger partial charge in [-0.05, 0) is 37.0 Å². The molecule has 0 heterocycles. The molecule has 0 saturated heterocycles. The van der Waals surface area contributed by atoms with Crippen LogP contribution < -0.4 is 15.4 Å². The maximum Gasteiger partial charge on any atom is 0.309 e. The van der Waals surface area contributed by atoms with E-state index in [1.807, 2.05) is 62.4 Å². The van der Waals surface area contributed by atoms with Crippen LogP contribution in [-0.2, 0) is 22.7 Å². The molecule has 0 aromatic heterocycles. The summed E-state index contributed by atoms with van der Waals surface area (Å²) < 4.78 is 5.72. The van der Waals surface area contributed by atoms with E-state index in [0.29, 0.717) is 18.2 Å². The summed E-state index contributed by atoms with van der Waals surface area (Å²) >= 11 is 0. The Morgan fingerprint density at radius 2 is 1.44 bits per heavy atom. The third-order valence-corrected chi connectivity index (χ3v) is 4.08. The van der Waals surface area contributed by atoms with Crippen molar-refractivity contribution in [1.29, 1.82) is 0 Å². The molecule has 0 fully saturated rings. The molecular formula is C22H28N2O3. The number of carbonyl (C=O) groups excluding carboxylic acids is 2. The number of para-hydroxylation sites is 1. The largest absolute Gasteiger partial charge is 0.491 e. The fraction of sp³-hybridized carbons (Fsp3) is 0.364. The van der Waals surface area contributed by atoms with E-state index in [9.17, 15) is 9.59 Å². The van der Waals surface area contributed by atoms with Crippen molar-refractivity contribution in [3.8, 4) is 5.75 Å². The minimum absolute atomic E-state index is 0.0345. The molecule has 0 unspecified atom stereocenters. The van der Waals surface area contributed by atoms with Gasteiger partial charge in [0.25, 0.3) is 0 Å². The standard InChI is InChI=1S/C22H28N2O3/c1-15(2)18-11-9-17(10-12-18)13-23-21(25)22(26)24-14-19-7-5-6-8-20(19)27-16(3)4/h5-12,15-16H,13-14H2,1-4H3,(H,23,25)(H,24,26). The van der Waals surface area contributed by atoms with Crippen molar-refractivity contribution in [3.05, 3.63) is 65.2 Å². The smallest absolute Gasteiger partial charge is 0.309 e. The maximum atomic E-state index is 12.1. The van der Waals surface area contributed by atoms with Crippen molar-refractivity contribution in [3.63, 3.8) is 0 Å². The van der Waals surface area contributed by atoms with E-state index >= 15 is 0 Å². The summed E-state index contributed by atoms with van der Waals surface area (Å²) in [6.07, 6.45) is 0.0345. The normalized spacial score (nSPS) is 10.7. The Bertz CT molecular complexity index is 767. The first kappa shape index (κ1) is 20.5. The molecule has 2 amide bonds. The first-order valence-corrected chi connectivity index (χ1v) is 9.26. The zero-order chi connectivity index (χ0) is 19.8. The molecule has 0 radical (unpaired) electrons. The van der Waals surface area contributed by atoms with Gasteiger partial charge >= 0.3 is 11.8 Å². The molecule has 0 spiro atoms. The van der Waals surface area contributed by atoms with Gasteiger partial charge in [0, 0.05) is 18.7 Å². The molecule has 0 aliphatic carbocycles. The van der Waals surface area contributed by atoms with Gasteiger partial charge in [-0.15, -0.1) is 0 Å². The van der Waals surface area contributed by atoms with Gasteiger partial charge in [-0.2, -0.15) is 0 Å². The van der Waals surface area contributed by atoms with E-state index in [4.69, 9.17) is 4.74 Å².